The van der Waals surface area contributed by atoms with Gasteiger partial charge in [-0.3, -0.25) is 4.79 Å². The fourth-order valence-corrected chi connectivity index (χ4v) is 4.87. The number of aliphatic carboxylic acids is 1. The minimum absolute atomic E-state index is 0.0741. The van der Waals surface area contributed by atoms with Crippen LogP contribution >= 0.6 is 11.3 Å². The van der Waals surface area contributed by atoms with Crippen LogP contribution in [0.25, 0.3) is 5.57 Å². The van der Waals surface area contributed by atoms with Crippen LogP contribution in [0.1, 0.15) is 33.7 Å². The molecule has 0 radical (unpaired) electrons. The topological polar surface area (TPSA) is 49.8 Å². The Bertz CT molecular complexity index is 842. The van der Waals surface area contributed by atoms with Crippen LogP contribution in [0.2, 0.25) is 0 Å². The third kappa shape index (κ3) is 3.22. The van der Waals surface area contributed by atoms with Gasteiger partial charge in [0, 0.05) is 39.5 Å². The number of thiophene rings is 1. The number of benzene rings is 1. The number of piperidine rings is 1. The maximum absolute atomic E-state index is 11.1. The first kappa shape index (κ1) is 16.4. The number of likely N-dealkylation sites (tertiary alicyclic amines) is 1. The van der Waals surface area contributed by atoms with Gasteiger partial charge < -0.3 is 14.7 Å². The third-order valence-corrected chi connectivity index (χ3v) is 6.09. The maximum atomic E-state index is 11.1. The second kappa shape index (κ2) is 6.65. The summed E-state index contributed by atoms with van der Waals surface area (Å²) >= 11 is 1.61. The van der Waals surface area contributed by atoms with Crippen LogP contribution in [0, 0.1) is 0 Å². The molecule has 130 valence electrons. The Balaban J connectivity index is 1.87. The van der Waals surface area contributed by atoms with Crippen molar-refractivity contribution < 1.29 is 14.6 Å². The normalized spacial score (nSPS) is 17.5. The molecule has 4 nitrogen and oxygen atoms in total. The molecular formula is C20H21NO3S. The van der Waals surface area contributed by atoms with Crippen LogP contribution in [0.15, 0.2) is 35.9 Å². The zero-order valence-corrected chi connectivity index (χ0v) is 15.1. The van der Waals surface area contributed by atoms with E-state index in [2.05, 4.69) is 24.1 Å². The van der Waals surface area contributed by atoms with E-state index in [9.17, 15) is 4.79 Å². The van der Waals surface area contributed by atoms with Gasteiger partial charge in [-0.05, 0) is 32.0 Å². The van der Waals surface area contributed by atoms with Crippen molar-refractivity contribution in [2.75, 3.05) is 20.1 Å². The lowest BCUT2D eigenvalue weighted by Gasteiger charge is -2.26. The van der Waals surface area contributed by atoms with E-state index in [1.807, 2.05) is 18.2 Å². The van der Waals surface area contributed by atoms with Gasteiger partial charge in [-0.1, -0.05) is 23.8 Å². The quantitative estimate of drug-likeness (QED) is 0.890. The lowest BCUT2D eigenvalue weighted by molar-refractivity contribution is -0.136. The van der Waals surface area contributed by atoms with Crippen LogP contribution in [0.5, 0.6) is 5.75 Å². The first-order valence-electron chi connectivity index (χ1n) is 8.58. The maximum Gasteiger partial charge on any atom is 0.308 e. The van der Waals surface area contributed by atoms with Gasteiger partial charge in [-0.25, -0.2) is 0 Å². The Kier molecular flexibility index (Phi) is 4.36. The molecule has 0 saturated carbocycles. The predicted molar refractivity (Wildman–Crippen MR) is 99.2 cm³/mol. The van der Waals surface area contributed by atoms with Gasteiger partial charge in [0.25, 0.3) is 0 Å². The molecule has 1 N–H and O–H groups in total. The Morgan fingerprint density at radius 1 is 1.28 bits per heavy atom. The molecule has 0 amide bonds. The molecule has 3 heterocycles. The summed E-state index contributed by atoms with van der Waals surface area (Å²) in [5, 5.41) is 9.14. The van der Waals surface area contributed by atoms with Gasteiger partial charge in [0.1, 0.15) is 12.4 Å². The average molecular weight is 355 g/mol. The second-order valence-electron chi connectivity index (χ2n) is 6.70. The minimum Gasteiger partial charge on any atom is -0.488 e. The van der Waals surface area contributed by atoms with E-state index in [-0.39, 0.29) is 6.42 Å². The number of fused-ring (bicyclic) bond motifs is 2. The molecule has 1 aromatic heterocycles. The number of rotatable bonds is 2. The van der Waals surface area contributed by atoms with Gasteiger partial charge in [0.15, 0.2) is 0 Å². The van der Waals surface area contributed by atoms with Crippen LogP contribution in [-0.4, -0.2) is 36.1 Å². The number of hydrogen-bond acceptors (Lipinski definition) is 4. The number of carboxylic acids is 1. The molecule has 4 rings (SSSR count). The van der Waals surface area contributed by atoms with Crippen molar-refractivity contribution >= 4 is 22.9 Å². The summed E-state index contributed by atoms with van der Waals surface area (Å²) in [5.74, 6) is 0.137. The van der Waals surface area contributed by atoms with Gasteiger partial charge in [-0.15, -0.1) is 11.3 Å². The molecule has 0 bridgehead atoms. The van der Waals surface area contributed by atoms with E-state index in [4.69, 9.17) is 9.84 Å². The molecule has 25 heavy (non-hydrogen) atoms. The van der Waals surface area contributed by atoms with Crippen LogP contribution in [0.3, 0.4) is 0 Å². The van der Waals surface area contributed by atoms with E-state index in [0.29, 0.717) is 6.61 Å². The fraction of sp³-hybridized carbons (Fsp3) is 0.350. The number of carbonyl (C=O) groups is 1. The summed E-state index contributed by atoms with van der Waals surface area (Å²) < 4.78 is 6.05. The van der Waals surface area contributed by atoms with Gasteiger partial charge in [0.2, 0.25) is 0 Å². The van der Waals surface area contributed by atoms with E-state index < -0.39 is 5.97 Å². The number of carboxylic acid groups (broad SMARTS) is 1. The zero-order valence-electron chi connectivity index (χ0n) is 14.2. The zero-order chi connectivity index (χ0) is 17.4. The van der Waals surface area contributed by atoms with Crippen molar-refractivity contribution in [1.82, 2.24) is 4.90 Å². The fourth-order valence-electron chi connectivity index (χ4n) is 3.61. The highest BCUT2D eigenvalue weighted by atomic mass is 32.1. The highest BCUT2D eigenvalue weighted by molar-refractivity contribution is 7.13. The van der Waals surface area contributed by atoms with E-state index >= 15 is 0 Å². The Labute approximate surface area is 151 Å². The van der Waals surface area contributed by atoms with Crippen molar-refractivity contribution in [3.63, 3.8) is 0 Å². The lowest BCUT2D eigenvalue weighted by Crippen LogP contribution is -2.26. The number of ether oxygens (including phenoxy) is 1. The van der Waals surface area contributed by atoms with E-state index in [0.717, 1.165) is 47.7 Å². The van der Waals surface area contributed by atoms with Crippen molar-refractivity contribution in [3.05, 3.63) is 56.8 Å². The number of para-hydroxylation sites is 1. The van der Waals surface area contributed by atoms with E-state index in [1.54, 1.807) is 11.3 Å². The number of nitrogens with zero attached hydrogens (tertiary/aromatic N) is 1. The van der Waals surface area contributed by atoms with Crippen molar-refractivity contribution in [2.45, 2.75) is 25.9 Å². The Hall–Kier alpha value is -2.11. The molecular weight excluding hydrogens is 334 g/mol. The van der Waals surface area contributed by atoms with Crippen LogP contribution in [-0.2, 0) is 17.8 Å². The second-order valence-corrected chi connectivity index (χ2v) is 7.84. The Morgan fingerprint density at radius 3 is 2.80 bits per heavy atom. The largest absolute Gasteiger partial charge is 0.488 e. The SMILES string of the molecule is CN1CCC(=C2c3ccccc3OCc3cc(CC(=O)O)sc32)CC1. The molecule has 2 aromatic rings. The highest BCUT2D eigenvalue weighted by Gasteiger charge is 2.26. The lowest BCUT2D eigenvalue weighted by atomic mass is 9.91. The molecule has 1 fully saturated rings. The third-order valence-electron chi connectivity index (χ3n) is 4.90. The molecule has 1 aromatic carbocycles. The monoisotopic (exact) mass is 355 g/mol. The predicted octanol–water partition coefficient (Wildman–Crippen LogP) is 3.80. The minimum atomic E-state index is -0.786. The summed E-state index contributed by atoms with van der Waals surface area (Å²) in [6.45, 7) is 2.62. The molecule has 0 atom stereocenters. The molecule has 0 spiro atoms. The van der Waals surface area contributed by atoms with Crippen LogP contribution in [0.4, 0.5) is 0 Å². The first-order chi connectivity index (χ1) is 12.1. The molecule has 1 saturated heterocycles. The highest BCUT2D eigenvalue weighted by Crippen LogP contribution is 2.44. The van der Waals surface area contributed by atoms with Crippen molar-refractivity contribution in [2.24, 2.45) is 0 Å². The van der Waals surface area contributed by atoms with Gasteiger partial charge in [-0.2, -0.15) is 0 Å². The van der Waals surface area contributed by atoms with Crippen molar-refractivity contribution in [1.29, 1.82) is 0 Å². The summed E-state index contributed by atoms with van der Waals surface area (Å²) in [6, 6.07) is 10.2. The average Bonchev–Trinajstić information content (AvgIpc) is 2.90. The summed E-state index contributed by atoms with van der Waals surface area (Å²) in [6.07, 6.45) is 2.17. The molecule has 0 aliphatic carbocycles. The van der Waals surface area contributed by atoms with Gasteiger partial charge >= 0.3 is 5.97 Å². The first-order valence-corrected chi connectivity index (χ1v) is 9.40. The smallest absolute Gasteiger partial charge is 0.308 e. The summed E-state index contributed by atoms with van der Waals surface area (Å²) in [4.78, 5) is 15.6. The van der Waals surface area contributed by atoms with Crippen LogP contribution < -0.4 is 4.74 Å². The Morgan fingerprint density at radius 2 is 2.04 bits per heavy atom. The molecule has 0 unspecified atom stereocenters. The van der Waals surface area contributed by atoms with E-state index in [1.165, 1.54) is 16.0 Å². The standard InChI is InChI=1S/C20H21NO3S/c1-21-8-6-13(7-9-21)19-16-4-2-3-5-17(16)24-12-14-10-15(11-18(22)23)25-20(14)19/h2-5,10H,6-9,11-12H2,1H3,(H,22,23). The molecule has 2 aliphatic heterocycles. The molecule has 5 heteroatoms. The van der Waals surface area contributed by atoms with Gasteiger partial charge in [0.05, 0.1) is 6.42 Å². The summed E-state index contributed by atoms with van der Waals surface area (Å²) in [7, 11) is 2.16. The number of hydrogen-bond donors (Lipinski definition) is 1. The van der Waals surface area contributed by atoms with Crippen molar-refractivity contribution in [3.8, 4) is 5.75 Å². The summed E-state index contributed by atoms with van der Waals surface area (Å²) in [5.41, 5.74) is 4.99. The molecule has 2 aliphatic rings.